The van der Waals surface area contributed by atoms with Crippen molar-refractivity contribution >= 4 is 6.02 Å². The van der Waals surface area contributed by atoms with Gasteiger partial charge in [0.05, 0.1) is 6.61 Å². The van der Waals surface area contributed by atoms with Crippen LogP contribution in [0.5, 0.6) is 0 Å². The molecule has 0 aliphatic carbocycles. The first-order valence-electron chi connectivity index (χ1n) is 5.07. The summed E-state index contributed by atoms with van der Waals surface area (Å²) in [6, 6.07) is 5.01. The van der Waals surface area contributed by atoms with E-state index in [1.54, 1.807) is 0 Å². The van der Waals surface area contributed by atoms with E-state index in [2.05, 4.69) is 4.99 Å². The molecule has 0 aromatic heterocycles. The van der Waals surface area contributed by atoms with E-state index < -0.39 is 17.8 Å². The van der Waals surface area contributed by atoms with Crippen molar-refractivity contribution in [2.75, 3.05) is 6.61 Å². The highest BCUT2D eigenvalue weighted by molar-refractivity contribution is 5.73. The Balaban J connectivity index is 2.56. The number of nitrogens with two attached hydrogens (primary N) is 1. The van der Waals surface area contributed by atoms with Crippen LogP contribution in [0.4, 0.5) is 13.2 Å². The van der Waals surface area contributed by atoms with Gasteiger partial charge in [-0.1, -0.05) is 18.2 Å². The SMILES string of the molecule is NC1=N[C@@](c2ccccc2F)(C(F)F)CCO1. The van der Waals surface area contributed by atoms with E-state index in [4.69, 9.17) is 10.5 Å². The van der Waals surface area contributed by atoms with Crippen LogP contribution in [0.2, 0.25) is 0 Å². The number of amidine groups is 1. The summed E-state index contributed by atoms with van der Waals surface area (Å²) < 4.78 is 44.9. The Morgan fingerprint density at radius 1 is 1.35 bits per heavy atom. The molecule has 17 heavy (non-hydrogen) atoms. The van der Waals surface area contributed by atoms with Crippen molar-refractivity contribution < 1.29 is 17.9 Å². The summed E-state index contributed by atoms with van der Waals surface area (Å²) in [6.45, 7) is -0.00594. The fourth-order valence-corrected chi connectivity index (χ4v) is 1.88. The number of hydrogen-bond acceptors (Lipinski definition) is 3. The number of nitrogens with zero attached hydrogens (tertiary/aromatic N) is 1. The van der Waals surface area contributed by atoms with Gasteiger partial charge in [-0.05, 0) is 6.07 Å². The van der Waals surface area contributed by atoms with Gasteiger partial charge in [-0.25, -0.2) is 18.2 Å². The van der Waals surface area contributed by atoms with Crippen LogP contribution in [0.3, 0.4) is 0 Å². The highest BCUT2D eigenvalue weighted by atomic mass is 19.3. The quantitative estimate of drug-likeness (QED) is 0.865. The van der Waals surface area contributed by atoms with Gasteiger partial charge in [-0.15, -0.1) is 0 Å². The third-order valence-corrected chi connectivity index (χ3v) is 2.74. The molecular formula is C11H11F3N2O. The first kappa shape index (κ1) is 11.8. The number of rotatable bonds is 2. The Morgan fingerprint density at radius 3 is 2.65 bits per heavy atom. The minimum Gasteiger partial charge on any atom is -0.465 e. The molecule has 0 unspecified atom stereocenters. The van der Waals surface area contributed by atoms with Gasteiger partial charge >= 0.3 is 0 Å². The Hall–Kier alpha value is -1.72. The van der Waals surface area contributed by atoms with Crippen molar-refractivity contribution in [3.05, 3.63) is 35.6 Å². The van der Waals surface area contributed by atoms with Crippen LogP contribution in [-0.4, -0.2) is 19.1 Å². The normalized spacial score (nSPS) is 24.4. The molecule has 0 bridgehead atoms. The second-order valence-corrected chi connectivity index (χ2v) is 3.75. The monoisotopic (exact) mass is 244 g/mol. The number of aliphatic imine (C=N–C) groups is 1. The third kappa shape index (κ3) is 1.94. The smallest absolute Gasteiger partial charge is 0.283 e. The topological polar surface area (TPSA) is 47.6 Å². The summed E-state index contributed by atoms with van der Waals surface area (Å²) in [4.78, 5) is 3.63. The highest BCUT2D eigenvalue weighted by Crippen LogP contribution is 2.39. The van der Waals surface area contributed by atoms with E-state index in [-0.39, 0.29) is 24.6 Å². The number of alkyl halides is 2. The Bertz CT molecular complexity index is 450. The number of benzene rings is 1. The third-order valence-electron chi connectivity index (χ3n) is 2.74. The lowest BCUT2D eigenvalue weighted by Crippen LogP contribution is -2.41. The molecule has 0 saturated heterocycles. The maximum absolute atomic E-state index is 13.6. The van der Waals surface area contributed by atoms with Crippen LogP contribution in [0.25, 0.3) is 0 Å². The highest BCUT2D eigenvalue weighted by Gasteiger charge is 2.45. The van der Waals surface area contributed by atoms with Crippen LogP contribution in [0.1, 0.15) is 12.0 Å². The summed E-state index contributed by atoms with van der Waals surface area (Å²) in [6.07, 6.45) is -2.95. The molecule has 0 spiro atoms. The first-order chi connectivity index (χ1) is 8.06. The molecule has 1 aliphatic heterocycles. The number of halogens is 3. The van der Waals surface area contributed by atoms with E-state index in [0.717, 1.165) is 6.07 Å². The number of hydrogen-bond donors (Lipinski definition) is 1. The molecule has 6 heteroatoms. The lowest BCUT2D eigenvalue weighted by molar-refractivity contribution is 0.0247. The van der Waals surface area contributed by atoms with Crippen LogP contribution < -0.4 is 5.73 Å². The molecule has 0 fully saturated rings. The van der Waals surface area contributed by atoms with Gasteiger partial charge in [0.15, 0.2) is 5.54 Å². The standard InChI is InChI=1S/C11H11F3N2O/c12-8-4-2-1-3-7(8)11(9(13)14)5-6-17-10(15)16-11/h1-4,9H,5-6H2,(H2,15,16)/t11-/m0/s1. The molecule has 0 radical (unpaired) electrons. The first-order valence-corrected chi connectivity index (χ1v) is 5.07. The van der Waals surface area contributed by atoms with E-state index >= 15 is 0 Å². The molecule has 1 aromatic rings. The average Bonchev–Trinajstić information content (AvgIpc) is 2.29. The second kappa shape index (κ2) is 4.27. The van der Waals surface area contributed by atoms with Crippen molar-refractivity contribution in [3.8, 4) is 0 Å². The summed E-state index contributed by atoms with van der Waals surface area (Å²) in [7, 11) is 0. The lowest BCUT2D eigenvalue weighted by atomic mass is 9.87. The fraction of sp³-hybridized carbons (Fsp3) is 0.364. The van der Waals surface area contributed by atoms with E-state index in [9.17, 15) is 13.2 Å². The Morgan fingerprint density at radius 2 is 2.06 bits per heavy atom. The van der Waals surface area contributed by atoms with Crippen molar-refractivity contribution in [3.63, 3.8) is 0 Å². The summed E-state index contributed by atoms with van der Waals surface area (Å²) in [5.41, 5.74) is 3.22. The van der Waals surface area contributed by atoms with Crippen LogP contribution in [-0.2, 0) is 10.3 Å². The molecule has 92 valence electrons. The van der Waals surface area contributed by atoms with Crippen molar-refractivity contribution in [2.45, 2.75) is 18.4 Å². The van der Waals surface area contributed by atoms with E-state index in [0.29, 0.717) is 0 Å². The largest absolute Gasteiger partial charge is 0.465 e. The molecule has 1 atom stereocenters. The molecule has 2 N–H and O–H groups in total. The fourth-order valence-electron chi connectivity index (χ4n) is 1.88. The van der Waals surface area contributed by atoms with Gasteiger partial charge < -0.3 is 10.5 Å². The molecule has 0 saturated carbocycles. The van der Waals surface area contributed by atoms with Gasteiger partial charge in [0.2, 0.25) is 0 Å². The van der Waals surface area contributed by atoms with Gasteiger partial charge in [0.25, 0.3) is 12.4 Å². The molecule has 2 rings (SSSR count). The zero-order valence-electron chi connectivity index (χ0n) is 8.87. The van der Waals surface area contributed by atoms with Crippen LogP contribution in [0, 0.1) is 5.82 Å². The Labute approximate surface area is 96.1 Å². The Kier molecular flexibility index (Phi) is 2.95. The maximum atomic E-state index is 13.6. The van der Waals surface area contributed by atoms with Gasteiger partial charge in [-0.3, -0.25) is 0 Å². The number of ether oxygens (including phenoxy) is 1. The zero-order valence-corrected chi connectivity index (χ0v) is 8.87. The van der Waals surface area contributed by atoms with Gasteiger partial charge in [0, 0.05) is 12.0 Å². The summed E-state index contributed by atoms with van der Waals surface area (Å²) in [5.74, 6) is -0.716. The van der Waals surface area contributed by atoms with Gasteiger partial charge in [0.1, 0.15) is 5.82 Å². The molecule has 3 nitrogen and oxygen atoms in total. The second-order valence-electron chi connectivity index (χ2n) is 3.75. The van der Waals surface area contributed by atoms with Crippen LogP contribution >= 0.6 is 0 Å². The minimum atomic E-state index is -2.85. The van der Waals surface area contributed by atoms with Crippen LogP contribution in [0.15, 0.2) is 29.3 Å². The van der Waals surface area contributed by atoms with E-state index in [1.807, 2.05) is 0 Å². The summed E-state index contributed by atoms with van der Waals surface area (Å²) in [5, 5.41) is 0. The molecule has 0 amide bonds. The maximum Gasteiger partial charge on any atom is 0.283 e. The van der Waals surface area contributed by atoms with Crippen molar-refractivity contribution in [2.24, 2.45) is 10.7 Å². The van der Waals surface area contributed by atoms with Crippen molar-refractivity contribution in [1.82, 2.24) is 0 Å². The minimum absolute atomic E-state index is 0.00594. The summed E-state index contributed by atoms with van der Waals surface area (Å²) >= 11 is 0. The molecule has 1 aliphatic rings. The van der Waals surface area contributed by atoms with E-state index in [1.165, 1.54) is 18.2 Å². The van der Waals surface area contributed by atoms with Crippen molar-refractivity contribution in [1.29, 1.82) is 0 Å². The molecular weight excluding hydrogens is 233 g/mol. The zero-order chi connectivity index (χ0) is 12.5. The predicted molar refractivity (Wildman–Crippen MR) is 56.3 cm³/mol. The lowest BCUT2D eigenvalue weighted by Gasteiger charge is -2.32. The van der Waals surface area contributed by atoms with Gasteiger partial charge in [-0.2, -0.15) is 0 Å². The predicted octanol–water partition coefficient (Wildman–Crippen LogP) is 2.02. The molecule has 1 heterocycles. The molecule has 1 aromatic carbocycles. The average molecular weight is 244 g/mol.